The molecule has 0 fully saturated rings. The fourth-order valence-corrected chi connectivity index (χ4v) is 1.42. The molecule has 0 unspecified atom stereocenters. The van der Waals surface area contributed by atoms with Crippen LogP contribution in [0.15, 0.2) is 24.3 Å². The van der Waals surface area contributed by atoms with E-state index in [1.54, 1.807) is 32.9 Å². The summed E-state index contributed by atoms with van der Waals surface area (Å²) in [4.78, 5) is 11.6. The minimum absolute atomic E-state index is 0.0495. The molecule has 98 valence electrons. The van der Waals surface area contributed by atoms with Crippen molar-refractivity contribution in [1.29, 1.82) is 5.41 Å². The molecule has 0 saturated carbocycles. The van der Waals surface area contributed by atoms with Crippen LogP contribution in [0.3, 0.4) is 0 Å². The largest absolute Gasteiger partial charge is 0.444 e. The SMILES string of the molecule is CC(C)(C)OC(=O)Nc1ccccc1CC(=N)N. The minimum Gasteiger partial charge on any atom is -0.444 e. The summed E-state index contributed by atoms with van der Waals surface area (Å²) < 4.78 is 5.17. The summed E-state index contributed by atoms with van der Waals surface area (Å²) in [6.07, 6.45) is -0.218. The highest BCUT2D eigenvalue weighted by molar-refractivity contribution is 5.88. The van der Waals surface area contributed by atoms with Gasteiger partial charge < -0.3 is 10.5 Å². The van der Waals surface area contributed by atoms with Crippen LogP contribution in [0.25, 0.3) is 0 Å². The van der Waals surface area contributed by atoms with E-state index in [0.29, 0.717) is 12.1 Å². The molecule has 1 rings (SSSR count). The van der Waals surface area contributed by atoms with E-state index in [4.69, 9.17) is 15.9 Å². The average Bonchev–Trinajstić information content (AvgIpc) is 2.17. The van der Waals surface area contributed by atoms with Crippen molar-refractivity contribution >= 4 is 17.6 Å². The average molecular weight is 249 g/mol. The first-order valence-corrected chi connectivity index (χ1v) is 5.69. The number of nitrogens with two attached hydrogens (primary N) is 1. The van der Waals surface area contributed by atoms with Gasteiger partial charge in [-0.3, -0.25) is 10.7 Å². The van der Waals surface area contributed by atoms with Gasteiger partial charge in [0.15, 0.2) is 0 Å². The third-order valence-electron chi connectivity index (χ3n) is 2.03. The number of hydrogen-bond donors (Lipinski definition) is 3. The third-order valence-corrected chi connectivity index (χ3v) is 2.03. The Kier molecular flexibility index (Phi) is 4.31. The van der Waals surface area contributed by atoms with Crippen LogP contribution in [-0.4, -0.2) is 17.5 Å². The molecule has 0 spiro atoms. The first-order valence-electron chi connectivity index (χ1n) is 5.69. The molecule has 0 aromatic heterocycles. The number of para-hydroxylation sites is 1. The minimum atomic E-state index is -0.542. The van der Waals surface area contributed by atoms with E-state index in [2.05, 4.69) is 5.32 Å². The van der Waals surface area contributed by atoms with E-state index >= 15 is 0 Å². The molecule has 4 N–H and O–H groups in total. The maximum Gasteiger partial charge on any atom is 0.412 e. The van der Waals surface area contributed by atoms with E-state index in [-0.39, 0.29) is 5.84 Å². The Morgan fingerprint density at radius 3 is 2.56 bits per heavy atom. The van der Waals surface area contributed by atoms with Crippen LogP contribution < -0.4 is 11.1 Å². The fourth-order valence-electron chi connectivity index (χ4n) is 1.42. The van der Waals surface area contributed by atoms with Crippen molar-refractivity contribution in [2.75, 3.05) is 5.32 Å². The Morgan fingerprint density at radius 2 is 2.00 bits per heavy atom. The van der Waals surface area contributed by atoms with Crippen LogP contribution in [-0.2, 0) is 11.2 Å². The highest BCUT2D eigenvalue weighted by Crippen LogP contribution is 2.17. The van der Waals surface area contributed by atoms with Gasteiger partial charge in [-0.05, 0) is 32.4 Å². The number of amidine groups is 1. The summed E-state index contributed by atoms with van der Waals surface area (Å²) in [6.45, 7) is 5.40. The smallest absolute Gasteiger partial charge is 0.412 e. The number of amides is 1. The lowest BCUT2D eigenvalue weighted by Gasteiger charge is -2.20. The second kappa shape index (κ2) is 5.53. The van der Waals surface area contributed by atoms with Crippen LogP contribution in [0.1, 0.15) is 26.3 Å². The quantitative estimate of drug-likeness (QED) is 0.568. The number of hydrogen-bond acceptors (Lipinski definition) is 3. The normalized spacial score (nSPS) is 10.8. The first kappa shape index (κ1) is 14.0. The van der Waals surface area contributed by atoms with Crippen LogP contribution >= 0.6 is 0 Å². The molecule has 0 aliphatic heterocycles. The van der Waals surface area contributed by atoms with Gasteiger partial charge in [-0.25, -0.2) is 4.79 Å². The van der Waals surface area contributed by atoms with Crippen molar-refractivity contribution in [2.24, 2.45) is 5.73 Å². The molecule has 1 amide bonds. The molecule has 18 heavy (non-hydrogen) atoms. The van der Waals surface area contributed by atoms with Gasteiger partial charge in [0, 0.05) is 12.1 Å². The van der Waals surface area contributed by atoms with E-state index in [1.807, 2.05) is 12.1 Å². The van der Waals surface area contributed by atoms with E-state index in [1.165, 1.54) is 0 Å². The molecule has 0 heterocycles. The van der Waals surface area contributed by atoms with Gasteiger partial charge in [-0.1, -0.05) is 18.2 Å². The summed E-state index contributed by atoms with van der Waals surface area (Å²) in [5.41, 5.74) is 6.22. The Bertz CT molecular complexity index is 450. The van der Waals surface area contributed by atoms with Crippen LogP contribution in [0.2, 0.25) is 0 Å². The maximum absolute atomic E-state index is 11.6. The number of anilines is 1. The molecule has 0 aliphatic carbocycles. The van der Waals surface area contributed by atoms with Crippen molar-refractivity contribution in [2.45, 2.75) is 32.8 Å². The lowest BCUT2D eigenvalue weighted by molar-refractivity contribution is 0.0636. The van der Waals surface area contributed by atoms with Gasteiger partial charge in [0.25, 0.3) is 0 Å². The lowest BCUT2D eigenvalue weighted by Crippen LogP contribution is -2.27. The number of benzene rings is 1. The second-order valence-electron chi connectivity index (χ2n) is 4.99. The van der Waals surface area contributed by atoms with Crippen LogP contribution in [0, 0.1) is 5.41 Å². The third kappa shape index (κ3) is 4.86. The molecule has 5 nitrogen and oxygen atoms in total. The molecular weight excluding hydrogens is 230 g/mol. The van der Waals surface area contributed by atoms with Crippen LogP contribution in [0.5, 0.6) is 0 Å². The molecule has 0 saturated heterocycles. The van der Waals surface area contributed by atoms with Gasteiger partial charge in [0.2, 0.25) is 0 Å². The number of carbonyl (C=O) groups is 1. The zero-order chi connectivity index (χ0) is 13.8. The zero-order valence-electron chi connectivity index (χ0n) is 10.9. The van der Waals surface area contributed by atoms with Crippen LogP contribution in [0.4, 0.5) is 10.5 Å². The second-order valence-corrected chi connectivity index (χ2v) is 4.99. The van der Waals surface area contributed by atoms with Crippen molar-refractivity contribution in [3.8, 4) is 0 Å². The Balaban J connectivity index is 2.78. The molecule has 0 radical (unpaired) electrons. The summed E-state index contributed by atoms with van der Waals surface area (Å²) in [6, 6.07) is 7.20. The van der Waals surface area contributed by atoms with Crippen molar-refractivity contribution in [1.82, 2.24) is 0 Å². The molecular formula is C13H19N3O2. The van der Waals surface area contributed by atoms with E-state index in [0.717, 1.165) is 5.56 Å². The predicted molar refractivity (Wildman–Crippen MR) is 71.9 cm³/mol. The number of rotatable bonds is 3. The number of carbonyl (C=O) groups excluding carboxylic acids is 1. The Labute approximate surface area is 107 Å². The fraction of sp³-hybridized carbons (Fsp3) is 0.385. The van der Waals surface area contributed by atoms with Gasteiger partial charge in [-0.15, -0.1) is 0 Å². The van der Waals surface area contributed by atoms with Crippen molar-refractivity contribution in [3.05, 3.63) is 29.8 Å². The highest BCUT2D eigenvalue weighted by Gasteiger charge is 2.17. The zero-order valence-corrected chi connectivity index (χ0v) is 10.9. The Morgan fingerprint density at radius 1 is 1.39 bits per heavy atom. The summed E-state index contributed by atoms with van der Waals surface area (Å²) in [7, 11) is 0. The molecule has 0 aliphatic rings. The highest BCUT2D eigenvalue weighted by atomic mass is 16.6. The maximum atomic E-state index is 11.6. The van der Waals surface area contributed by atoms with Gasteiger partial charge in [0.1, 0.15) is 5.60 Å². The van der Waals surface area contributed by atoms with Gasteiger partial charge in [0.05, 0.1) is 5.84 Å². The molecule has 5 heteroatoms. The van der Waals surface area contributed by atoms with Gasteiger partial charge >= 0.3 is 6.09 Å². The Hall–Kier alpha value is -2.04. The summed E-state index contributed by atoms with van der Waals surface area (Å²) in [5.74, 6) is 0.0495. The van der Waals surface area contributed by atoms with Crippen molar-refractivity contribution < 1.29 is 9.53 Å². The molecule has 1 aromatic rings. The van der Waals surface area contributed by atoms with Gasteiger partial charge in [-0.2, -0.15) is 0 Å². The lowest BCUT2D eigenvalue weighted by atomic mass is 10.1. The van der Waals surface area contributed by atoms with E-state index < -0.39 is 11.7 Å². The van der Waals surface area contributed by atoms with E-state index in [9.17, 15) is 4.79 Å². The molecule has 0 atom stereocenters. The monoisotopic (exact) mass is 249 g/mol. The summed E-state index contributed by atoms with van der Waals surface area (Å²) >= 11 is 0. The predicted octanol–water partition coefficient (Wildman–Crippen LogP) is 2.51. The molecule has 0 bridgehead atoms. The summed E-state index contributed by atoms with van der Waals surface area (Å²) in [5, 5.41) is 9.95. The van der Waals surface area contributed by atoms with Crippen molar-refractivity contribution in [3.63, 3.8) is 0 Å². The number of nitrogens with one attached hydrogen (secondary N) is 2. The number of ether oxygens (including phenoxy) is 1. The topological polar surface area (TPSA) is 88.2 Å². The first-order chi connectivity index (χ1) is 8.28. The molecule has 1 aromatic carbocycles. The standard InChI is InChI=1S/C13H19N3O2/c1-13(2,3)18-12(17)16-10-7-5-4-6-9(10)8-11(14)15/h4-7H,8H2,1-3H3,(H3,14,15)(H,16,17).